The third-order valence-corrected chi connectivity index (χ3v) is 5.08. The molecular formula is C20H21N3O2. The van der Waals surface area contributed by atoms with Crippen LogP contribution in [0.1, 0.15) is 38.3 Å². The third-order valence-electron chi connectivity index (χ3n) is 5.08. The number of piperazine rings is 1. The molecule has 0 atom stereocenters. The molecule has 128 valence electrons. The standard InChI is InChI=1S/C20H21N3O2/c24-19-4-2-17-13-15(1-3-18(17)19)14-22-9-11-23(12-10-22)20(25)16-5-7-21-8-6-16/h1,3,5-8,13H,2,4,9-12,14H2. The molecule has 2 aliphatic rings. The molecule has 1 aliphatic carbocycles. The third kappa shape index (κ3) is 3.33. The van der Waals surface area contributed by atoms with Gasteiger partial charge in [0.1, 0.15) is 0 Å². The maximum Gasteiger partial charge on any atom is 0.254 e. The van der Waals surface area contributed by atoms with Crippen LogP contribution in [0.25, 0.3) is 0 Å². The number of fused-ring (bicyclic) bond motifs is 1. The average Bonchev–Trinajstić information content (AvgIpc) is 3.03. The van der Waals surface area contributed by atoms with Gasteiger partial charge in [-0.2, -0.15) is 0 Å². The largest absolute Gasteiger partial charge is 0.336 e. The molecule has 5 heteroatoms. The Hall–Kier alpha value is -2.53. The molecule has 0 spiro atoms. The Balaban J connectivity index is 1.35. The zero-order chi connectivity index (χ0) is 17.2. The molecule has 2 aromatic rings. The molecule has 4 rings (SSSR count). The van der Waals surface area contributed by atoms with Crippen LogP contribution in [0.15, 0.2) is 42.7 Å². The van der Waals surface area contributed by atoms with E-state index in [1.165, 1.54) is 11.1 Å². The number of hydrogen-bond donors (Lipinski definition) is 0. The van der Waals surface area contributed by atoms with Crippen LogP contribution in [0.2, 0.25) is 0 Å². The van der Waals surface area contributed by atoms with E-state index in [0.29, 0.717) is 12.0 Å². The number of nitrogens with zero attached hydrogens (tertiary/aromatic N) is 3. The Morgan fingerprint density at radius 3 is 2.52 bits per heavy atom. The molecule has 1 aliphatic heterocycles. The van der Waals surface area contributed by atoms with Gasteiger partial charge in [-0.3, -0.25) is 19.5 Å². The van der Waals surface area contributed by atoms with Gasteiger partial charge in [-0.05, 0) is 29.7 Å². The molecule has 1 aromatic heterocycles. The van der Waals surface area contributed by atoms with Gasteiger partial charge in [0.05, 0.1) is 0 Å². The normalized spacial score (nSPS) is 17.6. The molecule has 1 amide bonds. The highest BCUT2D eigenvalue weighted by Gasteiger charge is 2.23. The number of benzene rings is 1. The molecule has 25 heavy (non-hydrogen) atoms. The van der Waals surface area contributed by atoms with Gasteiger partial charge in [-0.25, -0.2) is 0 Å². The number of carbonyl (C=O) groups is 2. The Labute approximate surface area is 147 Å². The van der Waals surface area contributed by atoms with E-state index in [9.17, 15) is 9.59 Å². The summed E-state index contributed by atoms with van der Waals surface area (Å²) in [5, 5.41) is 0. The Bertz CT molecular complexity index is 796. The summed E-state index contributed by atoms with van der Waals surface area (Å²) in [6, 6.07) is 9.75. The van der Waals surface area contributed by atoms with Gasteiger partial charge in [-0.15, -0.1) is 0 Å². The number of hydrogen-bond acceptors (Lipinski definition) is 4. The van der Waals surface area contributed by atoms with E-state index in [-0.39, 0.29) is 11.7 Å². The lowest BCUT2D eigenvalue weighted by atomic mass is 10.1. The van der Waals surface area contributed by atoms with Crippen molar-refractivity contribution in [3.8, 4) is 0 Å². The van der Waals surface area contributed by atoms with Gasteiger partial charge in [0.25, 0.3) is 5.91 Å². The van der Waals surface area contributed by atoms with E-state index < -0.39 is 0 Å². The first kappa shape index (κ1) is 16.0. The van der Waals surface area contributed by atoms with Crippen molar-refractivity contribution < 1.29 is 9.59 Å². The number of aromatic nitrogens is 1. The monoisotopic (exact) mass is 335 g/mol. The van der Waals surface area contributed by atoms with E-state index in [0.717, 1.165) is 44.7 Å². The molecule has 0 saturated carbocycles. The Kier molecular flexibility index (Phi) is 4.32. The molecule has 0 bridgehead atoms. The van der Waals surface area contributed by atoms with Gasteiger partial charge in [-0.1, -0.05) is 18.2 Å². The van der Waals surface area contributed by atoms with Gasteiger partial charge < -0.3 is 4.90 Å². The van der Waals surface area contributed by atoms with E-state index >= 15 is 0 Å². The zero-order valence-corrected chi connectivity index (χ0v) is 14.1. The van der Waals surface area contributed by atoms with Crippen molar-refractivity contribution in [1.82, 2.24) is 14.8 Å². The van der Waals surface area contributed by atoms with Crippen LogP contribution in [0.3, 0.4) is 0 Å². The number of ketones is 1. The topological polar surface area (TPSA) is 53.5 Å². The molecule has 1 saturated heterocycles. The summed E-state index contributed by atoms with van der Waals surface area (Å²) in [4.78, 5) is 32.4. The summed E-state index contributed by atoms with van der Waals surface area (Å²) in [5.41, 5.74) is 4.04. The van der Waals surface area contributed by atoms with Crippen LogP contribution in [-0.2, 0) is 13.0 Å². The number of Topliss-reactive ketones (excluding diaryl/α,β-unsaturated/α-hetero) is 1. The fraction of sp³-hybridized carbons (Fsp3) is 0.350. The lowest BCUT2D eigenvalue weighted by molar-refractivity contribution is 0.0628. The first-order chi connectivity index (χ1) is 12.2. The van der Waals surface area contributed by atoms with Crippen molar-refractivity contribution in [3.63, 3.8) is 0 Å². The van der Waals surface area contributed by atoms with Crippen LogP contribution in [0.4, 0.5) is 0 Å². The second-order valence-corrected chi connectivity index (χ2v) is 6.72. The van der Waals surface area contributed by atoms with E-state index in [1.807, 2.05) is 11.0 Å². The zero-order valence-electron chi connectivity index (χ0n) is 14.1. The fourth-order valence-corrected chi connectivity index (χ4v) is 3.65. The van der Waals surface area contributed by atoms with Gasteiger partial charge in [0, 0.05) is 62.7 Å². The summed E-state index contributed by atoms with van der Waals surface area (Å²) in [6.07, 6.45) is 4.83. The molecule has 5 nitrogen and oxygen atoms in total. The molecule has 1 aromatic carbocycles. The Morgan fingerprint density at radius 2 is 1.76 bits per heavy atom. The van der Waals surface area contributed by atoms with Crippen LogP contribution in [0, 0.1) is 0 Å². The molecular weight excluding hydrogens is 314 g/mol. The summed E-state index contributed by atoms with van der Waals surface area (Å²) < 4.78 is 0. The second kappa shape index (κ2) is 6.76. The highest BCUT2D eigenvalue weighted by molar-refractivity contribution is 6.00. The lowest BCUT2D eigenvalue weighted by Gasteiger charge is -2.34. The highest BCUT2D eigenvalue weighted by Crippen LogP contribution is 2.23. The maximum absolute atomic E-state index is 12.5. The maximum atomic E-state index is 12.5. The van der Waals surface area contributed by atoms with Crippen molar-refractivity contribution in [2.45, 2.75) is 19.4 Å². The summed E-state index contributed by atoms with van der Waals surface area (Å²) >= 11 is 0. The quantitative estimate of drug-likeness (QED) is 0.863. The van der Waals surface area contributed by atoms with E-state index in [1.54, 1.807) is 24.5 Å². The number of carbonyl (C=O) groups excluding carboxylic acids is 2. The summed E-state index contributed by atoms with van der Waals surface area (Å²) in [7, 11) is 0. The summed E-state index contributed by atoms with van der Waals surface area (Å²) in [6.45, 7) is 4.09. The minimum atomic E-state index is 0.0816. The molecule has 0 unspecified atom stereocenters. The van der Waals surface area contributed by atoms with Crippen LogP contribution >= 0.6 is 0 Å². The SMILES string of the molecule is O=C1CCc2cc(CN3CCN(C(=O)c4ccncc4)CC3)ccc21. The van der Waals surface area contributed by atoms with Crippen molar-refractivity contribution in [2.75, 3.05) is 26.2 Å². The van der Waals surface area contributed by atoms with Gasteiger partial charge >= 0.3 is 0 Å². The Morgan fingerprint density at radius 1 is 1.00 bits per heavy atom. The summed E-state index contributed by atoms with van der Waals surface area (Å²) in [5.74, 6) is 0.350. The number of aryl methyl sites for hydroxylation is 1. The van der Waals surface area contributed by atoms with Gasteiger partial charge in [0.15, 0.2) is 5.78 Å². The van der Waals surface area contributed by atoms with Gasteiger partial charge in [0.2, 0.25) is 0 Å². The first-order valence-corrected chi connectivity index (χ1v) is 8.77. The number of amides is 1. The van der Waals surface area contributed by atoms with Crippen molar-refractivity contribution in [2.24, 2.45) is 0 Å². The van der Waals surface area contributed by atoms with Crippen molar-refractivity contribution in [3.05, 3.63) is 65.0 Å². The minimum absolute atomic E-state index is 0.0816. The van der Waals surface area contributed by atoms with Crippen molar-refractivity contribution >= 4 is 11.7 Å². The molecule has 2 heterocycles. The first-order valence-electron chi connectivity index (χ1n) is 8.77. The van der Waals surface area contributed by atoms with Crippen LogP contribution in [0.5, 0.6) is 0 Å². The van der Waals surface area contributed by atoms with E-state index in [4.69, 9.17) is 0 Å². The van der Waals surface area contributed by atoms with Crippen LogP contribution < -0.4 is 0 Å². The predicted molar refractivity (Wildman–Crippen MR) is 94.5 cm³/mol. The fourth-order valence-electron chi connectivity index (χ4n) is 3.65. The van der Waals surface area contributed by atoms with Crippen molar-refractivity contribution in [1.29, 1.82) is 0 Å². The lowest BCUT2D eigenvalue weighted by Crippen LogP contribution is -2.48. The number of pyridine rings is 1. The predicted octanol–water partition coefficient (Wildman–Crippen LogP) is 2.17. The average molecular weight is 335 g/mol. The molecule has 0 radical (unpaired) electrons. The highest BCUT2D eigenvalue weighted by atomic mass is 16.2. The smallest absolute Gasteiger partial charge is 0.254 e. The molecule has 1 fully saturated rings. The number of rotatable bonds is 3. The van der Waals surface area contributed by atoms with E-state index in [2.05, 4.69) is 22.0 Å². The van der Waals surface area contributed by atoms with Crippen LogP contribution in [-0.4, -0.2) is 52.7 Å². The molecule has 0 N–H and O–H groups in total. The minimum Gasteiger partial charge on any atom is -0.336 e. The second-order valence-electron chi connectivity index (χ2n) is 6.72.